The van der Waals surface area contributed by atoms with Crippen LogP contribution >= 0.6 is 10.8 Å². The zero-order chi connectivity index (χ0) is 20.1. The number of nitrogens with zero attached hydrogens (tertiary/aromatic N) is 2. The Morgan fingerprint density at radius 1 is 1.11 bits per heavy atom. The highest BCUT2D eigenvalue weighted by Crippen LogP contribution is 2.55. The third-order valence-electron chi connectivity index (χ3n) is 4.33. The van der Waals surface area contributed by atoms with Crippen molar-refractivity contribution in [3.05, 3.63) is 64.4 Å². The van der Waals surface area contributed by atoms with E-state index in [1.807, 2.05) is 13.8 Å². The lowest BCUT2D eigenvalue weighted by Gasteiger charge is -2.34. The molecular weight excluding hydrogens is 380 g/mol. The van der Waals surface area contributed by atoms with Crippen LogP contribution in [0, 0.1) is 0 Å². The summed E-state index contributed by atoms with van der Waals surface area (Å²) in [4.78, 5) is 13.5. The number of pyridine rings is 1. The second-order valence-electron chi connectivity index (χ2n) is 6.74. The van der Waals surface area contributed by atoms with Gasteiger partial charge in [0.1, 0.15) is 16.2 Å². The van der Waals surface area contributed by atoms with E-state index >= 15 is 0 Å². The average molecular weight is 400 g/mol. The second kappa shape index (κ2) is 6.55. The van der Waals surface area contributed by atoms with Crippen molar-refractivity contribution in [1.82, 2.24) is 4.68 Å². The monoisotopic (exact) mass is 400 g/mol. The second-order valence-corrected chi connectivity index (χ2v) is 8.41. The van der Waals surface area contributed by atoms with Gasteiger partial charge in [-0.25, -0.2) is 4.68 Å². The van der Waals surface area contributed by atoms with E-state index in [4.69, 9.17) is 0 Å². The van der Waals surface area contributed by atoms with Crippen molar-refractivity contribution in [1.29, 1.82) is 0 Å². The summed E-state index contributed by atoms with van der Waals surface area (Å²) in [6, 6.07) is 13.5. The largest absolute Gasteiger partial charge is 0.506 e. The van der Waals surface area contributed by atoms with Crippen LogP contribution in [0.1, 0.15) is 19.4 Å². The van der Waals surface area contributed by atoms with Crippen molar-refractivity contribution in [2.75, 3.05) is 10.7 Å². The van der Waals surface area contributed by atoms with E-state index in [-0.39, 0.29) is 28.1 Å². The van der Waals surface area contributed by atoms with Crippen LogP contribution in [0.5, 0.6) is 5.75 Å². The molecule has 0 atom stereocenters. The summed E-state index contributed by atoms with van der Waals surface area (Å²) in [5.41, 5.74) is 3.29. The molecule has 5 N–H and O–H groups in total. The molecule has 9 heteroatoms. The summed E-state index contributed by atoms with van der Waals surface area (Å²) in [5.74, 6) is -0.366. The van der Waals surface area contributed by atoms with Crippen LogP contribution in [0.25, 0.3) is 10.9 Å². The lowest BCUT2D eigenvalue weighted by Crippen LogP contribution is -2.38. The average Bonchev–Trinajstić information content (AvgIpc) is 2.65. The maximum atomic E-state index is 13.2. The van der Waals surface area contributed by atoms with Gasteiger partial charge in [0.2, 0.25) is 0 Å². The highest BCUT2D eigenvalue weighted by Gasteiger charge is 2.30. The molecule has 0 saturated heterocycles. The Kier molecular flexibility index (Phi) is 4.30. The fourth-order valence-electron chi connectivity index (χ4n) is 3.17. The molecule has 3 aromatic rings. The van der Waals surface area contributed by atoms with E-state index in [0.717, 1.165) is 0 Å². The molecule has 1 aliphatic heterocycles. The Morgan fingerprint density at radius 3 is 2.54 bits per heavy atom. The third-order valence-corrected chi connectivity index (χ3v) is 5.71. The van der Waals surface area contributed by atoms with E-state index in [0.29, 0.717) is 16.6 Å². The van der Waals surface area contributed by atoms with Crippen LogP contribution in [-0.2, 0) is 0 Å². The number of rotatable bonds is 3. The van der Waals surface area contributed by atoms with Crippen molar-refractivity contribution in [2.45, 2.75) is 24.8 Å². The van der Waals surface area contributed by atoms with E-state index in [2.05, 4.69) is 15.1 Å². The van der Waals surface area contributed by atoms with Gasteiger partial charge >= 0.3 is 0 Å². The zero-order valence-electron chi connectivity index (χ0n) is 15.2. The van der Waals surface area contributed by atoms with E-state index in [1.165, 1.54) is 4.68 Å². The number of fused-ring (bicyclic) bond motifs is 2. The van der Waals surface area contributed by atoms with Gasteiger partial charge in [-0.05, 0) is 38.1 Å². The molecule has 0 fully saturated rings. The topological polar surface area (TPSA) is 119 Å². The summed E-state index contributed by atoms with van der Waals surface area (Å²) >= 11 is 0. The van der Waals surface area contributed by atoms with Gasteiger partial charge in [0.15, 0.2) is 5.84 Å². The molecule has 8 nitrogen and oxygen atoms in total. The van der Waals surface area contributed by atoms with Crippen LogP contribution in [0.3, 0.4) is 0 Å². The number of para-hydroxylation sites is 2. The highest BCUT2D eigenvalue weighted by atomic mass is 32.3. The lowest BCUT2D eigenvalue weighted by molar-refractivity contribution is 0.477. The number of aromatic hydroxyl groups is 1. The maximum Gasteiger partial charge on any atom is 0.284 e. The summed E-state index contributed by atoms with van der Waals surface area (Å²) < 4.78 is 26.3. The number of aromatic nitrogens is 1. The third kappa shape index (κ3) is 2.89. The van der Waals surface area contributed by atoms with Gasteiger partial charge in [0.25, 0.3) is 5.56 Å². The quantitative estimate of drug-likeness (QED) is 0.459. The molecule has 0 spiro atoms. The Morgan fingerprint density at radius 2 is 1.79 bits per heavy atom. The molecule has 0 amide bonds. The Hall–Kier alpha value is -3.01. The van der Waals surface area contributed by atoms with E-state index in [9.17, 15) is 19.0 Å². The van der Waals surface area contributed by atoms with Crippen molar-refractivity contribution < 1.29 is 14.2 Å². The van der Waals surface area contributed by atoms with Crippen LogP contribution in [0.2, 0.25) is 0 Å². The molecule has 2 aromatic carbocycles. The fourth-order valence-corrected chi connectivity index (χ4v) is 4.33. The van der Waals surface area contributed by atoms with Gasteiger partial charge in [-0.3, -0.25) is 13.9 Å². The SMILES string of the molecule is CC(C)Nn1c(=O)c(C2=NS(O)(O)c3ccccc3N2)c(O)c2ccccc21. The summed E-state index contributed by atoms with van der Waals surface area (Å²) in [6.45, 7) is 3.77. The lowest BCUT2D eigenvalue weighted by atomic mass is 10.1. The van der Waals surface area contributed by atoms with E-state index < -0.39 is 16.3 Å². The van der Waals surface area contributed by atoms with Gasteiger partial charge in [-0.2, -0.15) is 0 Å². The predicted molar refractivity (Wildman–Crippen MR) is 112 cm³/mol. The van der Waals surface area contributed by atoms with Crippen LogP contribution in [0.4, 0.5) is 5.69 Å². The van der Waals surface area contributed by atoms with Gasteiger partial charge in [-0.1, -0.05) is 35.0 Å². The Bertz CT molecular complexity index is 1170. The summed E-state index contributed by atoms with van der Waals surface area (Å²) in [7, 11) is -3.52. The number of nitrogens with one attached hydrogen (secondary N) is 2. The molecule has 146 valence electrons. The van der Waals surface area contributed by atoms with Crippen LogP contribution < -0.4 is 16.3 Å². The maximum absolute atomic E-state index is 13.2. The molecule has 1 aromatic heterocycles. The first-order valence-electron chi connectivity index (χ1n) is 8.67. The molecule has 0 radical (unpaired) electrons. The molecule has 0 bridgehead atoms. The highest BCUT2D eigenvalue weighted by molar-refractivity contribution is 8.23. The van der Waals surface area contributed by atoms with Crippen molar-refractivity contribution in [3.8, 4) is 5.75 Å². The number of hydrogen-bond acceptors (Lipinski definition) is 7. The standard InChI is InChI=1S/C19H20N4O4S/c1-11(2)21-23-14-9-5-3-7-12(14)17(24)16(19(23)25)18-20-13-8-4-6-10-15(13)28(26,27)22-18/h3-11,21,24,26-27H,1-2H3,(H,20,22). The summed E-state index contributed by atoms with van der Waals surface area (Å²) in [6.07, 6.45) is 0. The van der Waals surface area contributed by atoms with Gasteiger partial charge < -0.3 is 15.8 Å². The van der Waals surface area contributed by atoms with Crippen molar-refractivity contribution in [3.63, 3.8) is 0 Å². The first-order valence-corrected chi connectivity index (χ1v) is 10.2. The van der Waals surface area contributed by atoms with Crippen molar-refractivity contribution >= 4 is 33.2 Å². The molecular formula is C19H20N4O4S. The first kappa shape index (κ1) is 18.4. The molecule has 1 aliphatic rings. The Balaban J connectivity index is 2.00. The minimum atomic E-state index is -3.52. The zero-order valence-corrected chi connectivity index (χ0v) is 16.1. The van der Waals surface area contributed by atoms with E-state index in [1.54, 1.807) is 48.5 Å². The fraction of sp³-hybridized carbons (Fsp3) is 0.158. The normalized spacial score (nSPS) is 16.2. The number of benzene rings is 2. The van der Waals surface area contributed by atoms with Gasteiger partial charge in [-0.15, -0.1) is 4.40 Å². The first-order chi connectivity index (χ1) is 13.3. The molecule has 4 rings (SSSR count). The number of hydrogen-bond donors (Lipinski definition) is 5. The smallest absolute Gasteiger partial charge is 0.284 e. The predicted octanol–water partition coefficient (Wildman–Crippen LogP) is 3.56. The number of anilines is 1. The molecule has 0 aliphatic carbocycles. The van der Waals surface area contributed by atoms with Crippen LogP contribution in [-0.4, -0.2) is 30.8 Å². The van der Waals surface area contributed by atoms with Crippen molar-refractivity contribution in [2.24, 2.45) is 4.40 Å². The minimum Gasteiger partial charge on any atom is -0.506 e. The number of amidine groups is 1. The Labute approximate surface area is 162 Å². The molecule has 28 heavy (non-hydrogen) atoms. The van der Waals surface area contributed by atoms with Gasteiger partial charge in [0, 0.05) is 11.4 Å². The summed E-state index contributed by atoms with van der Waals surface area (Å²) in [5, 5.41) is 14.2. The minimum absolute atomic E-state index is 0.0547. The van der Waals surface area contributed by atoms with Crippen LogP contribution in [0.15, 0.2) is 62.6 Å². The molecule has 0 unspecified atom stereocenters. The molecule has 2 heterocycles. The van der Waals surface area contributed by atoms with Gasteiger partial charge in [0.05, 0.1) is 11.2 Å². The molecule has 0 saturated carbocycles.